The van der Waals surface area contributed by atoms with Crippen molar-refractivity contribution in [3.8, 4) is 0 Å². The van der Waals surface area contributed by atoms with Crippen molar-refractivity contribution in [2.24, 2.45) is 29.1 Å². The van der Waals surface area contributed by atoms with Crippen LogP contribution in [0.5, 0.6) is 0 Å². The molecule has 0 aliphatic heterocycles. The van der Waals surface area contributed by atoms with Gasteiger partial charge in [-0.05, 0) is 23.6 Å². The van der Waals surface area contributed by atoms with Crippen LogP contribution >= 0.6 is 0 Å². The maximum absolute atomic E-state index is 13.2. The Kier molecular flexibility index (Phi) is 8.71. The van der Waals surface area contributed by atoms with Crippen LogP contribution in [0.2, 0.25) is 0 Å². The molecule has 0 radical (unpaired) electrons. The van der Waals surface area contributed by atoms with Crippen molar-refractivity contribution < 1.29 is 52.8 Å². The summed E-state index contributed by atoms with van der Waals surface area (Å²) in [6, 6.07) is 9.13. The second-order valence-electron chi connectivity index (χ2n) is 14.1. The molecule has 11 nitrogen and oxygen atoms in total. The third-order valence-electron chi connectivity index (χ3n) is 10.7. The summed E-state index contributed by atoms with van der Waals surface area (Å²) < 4.78 is 29.8. The second-order valence-corrected chi connectivity index (χ2v) is 14.1. The summed E-state index contributed by atoms with van der Waals surface area (Å²) in [6.45, 7) is 12.1. The second kappa shape index (κ2) is 11.9. The highest BCUT2D eigenvalue weighted by Gasteiger charge is 2.88. The first-order valence-electron chi connectivity index (χ1n) is 15.9. The zero-order valence-electron chi connectivity index (χ0n) is 28.2. The van der Waals surface area contributed by atoms with E-state index in [0.717, 1.165) is 5.56 Å². The molecule has 0 amide bonds. The number of rotatable bonds is 8. The summed E-state index contributed by atoms with van der Waals surface area (Å²) in [7, 11) is 0. The monoisotopic (exact) mass is 652 g/mol. The molecule has 0 aromatic heterocycles. The van der Waals surface area contributed by atoms with E-state index < -0.39 is 87.9 Å². The van der Waals surface area contributed by atoms with E-state index in [0.29, 0.717) is 11.1 Å². The van der Waals surface area contributed by atoms with E-state index in [-0.39, 0.29) is 19.4 Å². The Morgan fingerprint density at radius 3 is 2.06 bits per heavy atom. The van der Waals surface area contributed by atoms with Crippen LogP contribution in [0, 0.1) is 29.1 Å². The van der Waals surface area contributed by atoms with Gasteiger partial charge in [-0.2, -0.15) is 0 Å². The van der Waals surface area contributed by atoms with Crippen molar-refractivity contribution in [3.05, 3.63) is 59.2 Å². The molecule has 11 heteroatoms. The van der Waals surface area contributed by atoms with Crippen LogP contribution in [-0.4, -0.2) is 70.6 Å². The predicted octanol–water partition coefficient (Wildman–Crippen LogP) is 3.80. The lowest BCUT2D eigenvalue weighted by Gasteiger charge is -2.54. The minimum Gasteiger partial charge on any atom is -0.461 e. The Labute approximate surface area is 274 Å². The van der Waals surface area contributed by atoms with E-state index in [1.807, 2.05) is 50.3 Å². The average molecular weight is 653 g/mol. The number of esters is 5. The van der Waals surface area contributed by atoms with Gasteiger partial charge < -0.3 is 28.8 Å². The van der Waals surface area contributed by atoms with Gasteiger partial charge in [0.05, 0.1) is 17.9 Å². The molecular weight excluding hydrogens is 608 g/mol. The van der Waals surface area contributed by atoms with Crippen LogP contribution in [0.4, 0.5) is 0 Å². The van der Waals surface area contributed by atoms with E-state index >= 15 is 0 Å². The van der Waals surface area contributed by atoms with Gasteiger partial charge in [-0.15, -0.1) is 0 Å². The number of hydrogen-bond donors (Lipinski definition) is 1. The molecule has 0 saturated heterocycles. The van der Waals surface area contributed by atoms with Crippen molar-refractivity contribution in [1.29, 1.82) is 0 Å². The van der Waals surface area contributed by atoms with E-state index in [9.17, 15) is 29.1 Å². The van der Waals surface area contributed by atoms with E-state index in [4.69, 9.17) is 23.7 Å². The minimum absolute atomic E-state index is 0.0300. The van der Waals surface area contributed by atoms with Gasteiger partial charge >= 0.3 is 29.8 Å². The van der Waals surface area contributed by atoms with Crippen molar-refractivity contribution >= 4 is 29.8 Å². The number of ether oxygens (including phenoxy) is 5. The van der Waals surface area contributed by atoms with Gasteiger partial charge in [-0.25, -0.2) is 0 Å². The number of aliphatic hydroxyl groups is 1. The Bertz CT molecular complexity index is 1540. The number of carbonyl (C=O) groups is 5. The zero-order chi connectivity index (χ0) is 34.7. The maximum atomic E-state index is 13.2. The van der Waals surface area contributed by atoms with Gasteiger partial charge in [0, 0.05) is 57.3 Å². The third kappa shape index (κ3) is 5.46. The van der Waals surface area contributed by atoms with E-state index in [1.165, 1.54) is 27.7 Å². The molecule has 4 aliphatic rings. The van der Waals surface area contributed by atoms with Crippen molar-refractivity contribution in [1.82, 2.24) is 0 Å². The smallest absolute Gasteiger partial charge is 0.310 e. The highest BCUT2D eigenvalue weighted by atomic mass is 16.6. The molecule has 1 unspecified atom stereocenters. The van der Waals surface area contributed by atoms with Crippen LogP contribution in [0.15, 0.2) is 53.6 Å². The van der Waals surface area contributed by atoms with Crippen LogP contribution in [-0.2, 0) is 54.1 Å². The van der Waals surface area contributed by atoms with Gasteiger partial charge in [0.2, 0.25) is 0 Å². The van der Waals surface area contributed by atoms with Crippen LogP contribution < -0.4 is 0 Å². The molecule has 0 bridgehead atoms. The summed E-state index contributed by atoms with van der Waals surface area (Å²) in [5, 5.41) is 13.2. The topological polar surface area (TPSA) is 152 Å². The van der Waals surface area contributed by atoms with E-state index in [1.54, 1.807) is 19.9 Å². The largest absolute Gasteiger partial charge is 0.461 e. The molecule has 4 aliphatic carbocycles. The number of benzene rings is 1. The Balaban J connectivity index is 1.68. The quantitative estimate of drug-likeness (QED) is 0.248. The first-order valence-corrected chi connectivity index (χ1v) is 15.9. The molecule has 9 atom stereocenters. The lowest BCUT2D eigenvalue weighted by atomic mass is 9.58. The number of hydrogen-bond acceptors (Lipinski definition) is 11. The molecule has 0 spiro atoms. The standard InChI is InChI=1S/C36H44O11/c1-19-14-28-34(46-23(5)39,31(19)44-21(3)37)17-26(18-43-29(41)16-25-12-10-9-11-13-25)15-27-30-33(7,8)36(30,47-24(6)40)32(45-22(4)38)20(2)35(27,28)42/h9-15,20,27-28,30-32,42H,16-18H2,1-8H3/t20-,27+,28-,30-,31?,32-,34-,35-,36-/m1/s1. The first kappa shape index (κ1) is 34.3. The molecule has 1 N–H and O–H groups in total. The average Bonchev–Trinajstić information content (AvgIpc) is 3.36. The fraction of sp³-hybridized carbons (Fsp3) is 0.583. The maximum Gasteiger partial charge on any atom is 0.310 e. The summed E-state index contributed by atoms with van der Waals surface area (Å²) in [6.07, 6.45) is 1.43. The Morgan fingerprint density at radius 2 is 1.49 bits per heavy atom. The van der Waals surface area contributed by atoms with Gasteiger partial charge in [-0.1, -0.05) is 63.3 Å². The molecule has 47 heavy (non-hydrogen) atoms. The van der Waals surface area contributed by atoms with Gasteiger partial charge in [-0.3, -0.25) is 24.0 Å². The first-order chi connectivity index (χ1) is 21.9. The van der Waals surface area contributed by atoms with Crippen molar-refractivity contribution in [2.75, 3.05) is 6.61 Å². The lowest BCUT2D eigenvalue weighted by Crippen LogP contribution is -2.67. The summed E-state index contributed by atoms with van der Waals surface area (Å²) in [4.78, 5) is 63.5. The summed E-state index contributed by atoms with van der Waals surface area (Å²) in [5.74, 6) is -6.13. The van der Waals surface area contributed by atoms with Gasteiger partial charge in [0.15, 0.2) is 17.3 Å². The Hall–Kier alpha value is -3.99. The summed E-state index contributed by atoms with van der Waals surface area (Å²) in [5.41, 5.74) is -3.64. The highest BCUT2D eigenvalue weighted by Crippen LogP contribution is 2.77. The van der Waals surface area contributed by atoms with Crippen LogP contribution in [0.1, 0.15) is 67.4 Å². The fourth-order valence-electron chi connectivity index (χ4n) is 9.12. The molecule has 1 aromatic carbocycles. The molecule has 254 valence electrons. The van der Waals surface area contributed by atoms with Gasteiger partial charge in [0.25, 0.3) is 0 Å². The normalized spacial score (nSPS) is 36.1. The number of fused-ring (bicyclic) bond motifs is 5. The Morgan fingerprint density at radius 1 is 0.872 bits per heavy atom. The molecule has 5 rings (SSSR count). The minimum atomic E-state index is -1.79. The third-order valence-corrected chi connectivity index (χ3v) is 10.7. The summed E-state index contributed by atoms with van der Waals surface area (Å²) >= 11 is 0. The van der Waals surface area contributed by atoms with Crippen LogP contribution in [0.25, 0.3) is 0 Å². The fourth-order valence-corrected chi connectivity index (χ4v) is 9.12. The van der Waals surface area contributed by atoms with E-state index in [2.05, 4.69) is 0 Å². The molecule has 2 fully saturated rings. The van der Waals surface area contributed by atoms with Crippen molar-refractivity contribution in [3.63, 3.8) is 0 Å². The lowest BCUT2D eigenvalue weighted by molar-refractivity contribution is -0.240. The van der Waals surface area contributed by atoms with Crippen molar-refractivity contribution in [2.45, 2.75) is 97.2 Å². The molecule has 2 saturated carbocycles. The van der Waals surface area contributed by atoms with Gasteiger partial charge in [0.1, 0.15) is 12.7 Å². The predicted molar refractivity (Wildman–Crippen MR) is 166 cm³/mol. The zero-order valence-corrected chi connectivity index (χ0v) is 28.2. The van der Waals surface area contributed by atoms with Crippen LogP contribution in [0.3, 0.4) is 0 Å². The number of carbonyl (C=O) groups excluding carboxylic acids is 5. The SMILES string of the molecule is CC(=O)OC1C(C)=C[C@H]2[C@@]3(O)[C@H](C)[C@@H](OC(C)=O)[C@]4(OC(C)=O)[C@H]([C@@H]3C=C(COC(=O)Cc3ccccc3)C[C@]12OC(C)=O)C4(C)C. The molecule has 0 heterocycles. The molecular formula is C36H44O11. The molecule has 1 aromatic rings. The highest BCUT2D eigenvalue weighted by molar-refractivity contribution is 5.73.